The molecular formula is C14H17BrN2. The van der Waals surface area contributed by atoms with E-state index in [-0.39, 0.29) is 11.5 Å². The fourth-order valence-corrected chi connectivity index (χ4v) is 3.34. The second-order valence-corrected chi connectivity index (χ2v) is 6.55. The molecule has 1 aromatic carbocycles. The van der Waals surface area contributed by atoms with E-state index in [1.165, 1.54) is 22.2 Å². The molecule has 1 unspecified atom stereocenters. The van der Waals surface area contributed by atoms with Crippen molar-refractivity contribution in [2.75, 3.05) is 0 Å². The zero-order valence-corrected chi connectivity index (χ0v) is 11.8. The van der Waals surface area contributed by atoms with Crippen LogP contribution in [0.3, 0.4) is 0 Å². The van der Waals surface area contributed by atoms with Crippen LogP contribution in [0.2, 0.25) is 0 Å². The van der Waals surface area contributed by atoms with Crippen molar-refractivity contribution >= 4 is 26.8 Å². The van der Waals surface area contributed by atoms with E-state index < -0.39 is 0 Å². The van der Waals surface area contributed by atoms with Gasteiger partial charge in [-0.1, -0.05) is 29.8 Å². The summed E-state index contributed by atoms with van der Waals surface area (Å²) >= 11 is 3.55. The highest BCUT2D eigenvalue weighted by Crippen LogP contribution is 2.44. The molecule has 1 heterocycles. The number of rotatable bonds is 0. The zero-order valence-electron chi connectivity index (χ0n) is 10.2. The summed E-state index contributed by atoms with van der Waals surface area (Å²) in [4.78, 5) is 3.50. The fraction of sp³-hybridized carbons (Fsp3) is 0.429. The van der Waals surface area contributed by atoms with Crippen molar-refractivity contribution in [2.45, 2.75) is 38.1 Å². The highest BCUT2D eigenvalue weighted by Gasteiger charge is 2.34. The molecule has 1 aliphatic rings. The average Bonchev–Trinajstić information content (AvgIpc) is 2.64. The van der Waals surface area contributed by atoms with Gasteiger partial charge in [0, 0.05) is 27.1 Å². The summed E-state index contributed by atoms with van der Waals surface area (Å²) in [6, 6.07) is 6.55. The van der Waals surface area contributed by atoms with Crippen molar-refractivity contribution in [1.29, 1.82) is 0 Å². The molecule has 0 bridgehead atoms. The van der Waals surface area contributed by atoms with E-state index >= 15 is 0 Å². The zero-order chi connectivity index (χ0) is 12.2. The molecule has 0 saturated carbocycles. The summed E-state index contributed by atoms with van der Waals surface area (Å²) < 4.78 is 1.13. The highest BCUT2D eigenvalue weighted by atomic mass is 79.9. The standard InChI is InChI=1S/C14H17BrN2/c1-14(2)6-5-10(16)13-12(14)9-7-8(15)3-4-11(9)17-13/h3-4,7,10,17H,5-6,16H2,1-2H3. The Balaban J connectivity index is 2.38. The van der Waals surface area contributed by atoms with Gasteiger partial charge >= 0.3 is 0 Å². The minimum atomic E-state index is 0.157. The van der Waals surface area contributed by atoms with Crippen molar-refractivity contribution in [3.63, 3.8) is 0 Å². The third kappa shape index (κ3) is 1.64. The molecule has 1 aliphatic carbocycles. The molecular weight excluding hydrogens is 276 g/mol. The van der Waals surface area contributed by atoms with E-state index in [0.717, 1.165) is 17.3 Å². The average molecular weight is 293 g/mol. The quantitative estimate of drug-likeness (QED) is 0.757. The topological polar surface area (TPSA) is 41.8 Å². The lowest BCUT2D eigenvalue weighted by Gasteiger charge is -2.33. The van der Waals surface area contributed by atoms with Crippen LogP contribution in [-0.4, -0.2) is 4.98 Å². The van der Waals surface area contributed by atoms with E-state index in [1.54, 1.807) is 0 Å². The first-order chi connectivity index (χ1) is 7.99. The van der Waals surface area contributed by atoms with Crippen LogP contribution in [0.4, 0.5) is 0 Å². The second kappa shape index (κ2) is 3.59. The number of fused-ring (bicyclic) bond motifs is 3. The van der Waals surface area contributed by atoms with E-state index in [2.05, 4.69) is 53.0 Å². The summed E-state index contributed by atoms with van der Waals surface area (Å²) in [6.07, 6.45) is 2.22. The Labute approximate surface area is 110 Å². The Hall–Kier alpha value is -0.800. The van der Waals surface area contributed by atoms with Crippen LogP contribution in [0.15, 0.2) is 22.7 Å². The smallest absolute Gasteiger partial charge is 0.0460 e. The van der Waals surface area contributed by atoms with Gasteiger partial charge in [0.15, 0.2) is 0 Å². The molecule has 1 atom stereocenters. The van der Waals surface area contributed by atoms with Crippen LogP contribution in [0.5, 0.6) is 0 Å². The number of benzene rings is 1. The van der Waals surface area contributed by atoms with Crippen LogP contribution in [-0.2, 0) is 5.41 Å². The lowest BCUT2D eigenvalue weighted by atomic mass is 9.73. The maximum atomic E-state index is 6.23. The van der Waals surface area contributed by atoms with Crippen molar-refractivity contribution in [3.8, 4) is 0 Å². The van der Waals surface area contributed by atoms with Crippen molar-refractivity contribution in [1.82, 2.24) is 4.98 Å². The fourth-order valence-electron chi connectivity index (χ4n) is 2.98. The summed E-state index contributed by atoms with van der Waals surface area (Å²) in [5.41, 5.74) is 10.3. The number of aromatic amines is 1. The minimum Gasteiger partial charge on any atom is -0.357 e. The van der Waals surface area contributed by atoms with Crippen LogP contribution in [0.1, 0.15) is 44.0 Å². The first-order valence-electron chi connectivity index (χ1n) is 6.06. The molecule has 2 aromatic rings. The number of H-pyrrole nitrogens is 1. The van der Waals surface area contributed by atoms with Gasteiger partial charge in [-0.2, -0.15) is 0 Å². The molecule has 2 nitrogen and oxygen atoms in total. The molecule has 3 heteroatoms. The Morgan fingerprint density at radius 3 is 2.94 bits per heavy atom. The molecule has 0 saturated heterocycles. The molecule has 3 N–H and O–H groups in total. The van der Waals surface area contributed by atoms with Crippen LogP contribution < -0.4 is 5.73 Å². The lowest BCUT2D eigenvalue weighted by molar-refractivity contribution is 0.396. The predicted molar refractivity (Wildman–Crippen MR) is 75.2 cm³/mol. The lowest BCUT2D eigenvalue weighted by Crippen LogP contribution is -2.29. The number of halogens is 1. The third-order valence-electron chi connectivity index (χ3n) is 3.92. The van der Waals surface area contributed by atoms with Crippen LogP contribution in [0, 0.1) is 0 Å². The molecule has 0 fully saturated rings. The van der Waals surface area contributed by atoms with Crippen LogP contribution >= 0.6 is 15.9 Å². The van der Waals surface area contributed by atoms with Gasteiger partial charge in [0.2, 0.25) is 0 Å². The first kappa shape index (κ1) is 11.3. The Bertz CT molecular complexity index is 583. The van der Waals surface area contributed by atoms with E-state index in [0.29, 0.717) is 0 Å². The van der Waals surface area contributed by atoms with Gasteiger partial charge in [-0.05, 0) is 42.0 Å². The van der Waals surface area contributed by atoms with Gasteiger partial charge in [-0.15, -0.1) is 0 Å². The van der Waals surface area contributed by atoms with Crippen molar-refractivity contribution in [3.05, 3.63) is 33.9 Å². The Morgan fingerprint density at radius 1 is 1.41 bits per heavy atom. The van der Waals surface area contributed by atoms with Gasteiger partial charge in [-0.25, -0.2) is 0 Å². The number of hydrogen-bond acceptors (Lipinski definition) is 1. The molecule has 0 radical (unpaired) electrons. The molecule has 0 amide bonds. The van der Waals surface area contributed by atoms with E-state index in [4.69, 9.17) is 5.73 Å². The van der Waals surface area contributed by atoms with Crippen molar-refractivity contribution < 1.29 is 0 Å². The Morgan fingerprint density at radius 2 is 2.18 bits per heavy atom. The molecule has 90 valence electrons. The van der Waals surface area contributed by atoms with E-state index in [1.807, 2.05) is 0 Å². The number of nitrogens with two attached hydrogens (primary N) is 1. The van der Waals surface area contributed by atoms with Gasteiger partial charge in [-0.3, -0.25) is 0 Å². The number of nitrogens with one attached hydrogen (secondary N) is 1. The van der Waals surface area contributed by atoms with Gasteiger partial charge < -0.3 is 10.7 Å². The normalized spacial score (nSPS) is 22.7. The van der Waals surface area contributed by atoms with Gasteiger partial charge in [0.1, 0.15) is 0 Å². The summed E-state index contributed by atoms with van der Waals surface area (Å²) in [5.74, 6) is 0. The maximum absolute atomic E-state index is 6.23. The third-order valence-corrected chi connectivity index (χ3v) is 4.41. The van der Waals surface area contributed by atoms with Gasteiger partial charge in [0.05, 0.1) is 0 Å². The first-order valence-corrected chi connectivity index (χ1v) is 6.85. The van der Waals surface area contributed by atoms with Gasteiger partial charge in [0.25, 0.3) is 0 Å². The minimum absolute atomic E-state index is 0.157. The summed E-state index contributed by atoms with van der Waals surface area (Å²) in [6.45, 7) is 4.62. The van der Waals surface area contributed by atoms with Crippen molar-refractivity contribution in [2.24, 2.45) is 5.73 Å². The maximum Gasteiger partial charge on any atom is 0.0460 e. The molecule has 0 aliphatic heterocycles. The molecule has 0 spiro atoms. The largest absolute Gasteiger partial charge is 0.357 e. The number of hydrogen-bond donors (Lipinski definition) is 2. The molecule has 3 rings (SSSR count). The molecule has 17 heavy (non-hydrogen) atoms. The Kier molecular flexibility index (Phi) is 2.39. The predicted octanol–water partition coefficient (Wildman–Crippen LogP) is 4.00. The van der Waals surface area contributed by atoms with E-state index in [9.17, 15) is 0 Å². The highest BCUT2D eigenvalue weighted by molar-refractivity contribution is 9.10. The summed E-state index contributed by atoms with van der Waals surface area (Å²) in [5, 5.41) is 1.31. The SMILES string of the molecule is CC1(C)CCC(N)c2[nH]c3ccc(Br)cc3c21. The monoisotopic (exact) mass is 292 g/mol. The second-order valence-electron chi connectivity index (χ2n) is 5.63. The molecule has 1 aromatic heterocycles. The number of aromatic nitrogens is 1. The van der Waals surface area contributed by atoms with Crippen LogP contribution in [0.25, 0.3) is 10.9 Å². The summed E-state index contributed by atoms with van der Waals surface area (Å²) in [7, 11) is 0.